The Balaban J connectivity index is 2.60. The molecular weight excluding hydrogens is 332 g/mol. The number of carbonyl (C=O) groups excluding carboxylic acids is 1. The van der Waals surface area contributed by atoms with Crippen molar-refractivity contribution in [2.75, 3.05) is 14.2 Å². The Hall–Kier alpha value is -1.81. The van der Waals surface area contributed by atoms with Crippen molar-refractivity contribution in [1.82, 2.24) is 0 Å². The third kappa shape index (κ3) is 3.10. The molecule has 2 aromatic rings. The molecule has 110 valence electrons. The van der Waals surface area contributed by atoms with Gasteiger partial charge in [-0.25, -0.2) is 0 Å². The Morgan fingerprint density at radius 1 is 1.00 bits per heavy atom. The molecule has 0 atom stereocenters. The van der Waals surface area contributed by atoms with Crippen molar-refractivity contribution in [1.29, 1.82) is 0 Å². The van der Waals surface area contributed by atoms with Gasteiger partial charge in [-0.1, -0.05) is 22.0 Å². The zero-order chi connectivity index (χ0) is 15.6. The summed E-state index contributed by atoms with van der Waals surface area (Å²) in [6.45, 7) is 3.89. The van der Waals surface area contributed by atoms with E-state index in [1.165, 1.54) is 0 Å². The Bertz CT molecular complexity index is 693. The zero-order valence-corrected chi connectivity index (χ0v) is 14.1. The van der Waals surface area contributed by atoms with E-state index in [2.05, 4.69) is 15.9 Å². The Labute approximate surface area is 133 Å². The molecule has 0 fully saturated rings. The third-order valence-electron chi connectivity index (χ3n) is 3.30. The highest BCUT2D eigenvalue weighted by molar-refractivity contribution is 9.10. The fourth-order valence-electron chi connectivity index (χ4n) is 2.37. The highest BCUT2D eigenvalue weighted by Crippen LogP contribution is 2.31. The first kappa shape index (κ1) is 15.6. The number of aryl methyl sites for hydroxylation is 2. The van der Waals surface area contributed by atoms with Crippen LogP contribution in [-0.2, 0) is 0 Å². The minimum atomic E-state index is -0.103. The fraction of sp³-hybridized carbons (Fsp3) is 0.235. The molecule has 21 heavy (non-hydrogen) atoms. The second-order valence-corrected chi connectivity index (χ2v) is 5.75. The number of methoxy groups -OCH3 is 2. The summed E-state index contributed by atoms with van der Waals surface area (Å²) < 4.78 is 11.6. The smallest absolute Gasteiger partial charge is 0.200 e. The normalized spacial score (nSPS) is 10.3. The number of ketones is 1. The maximum atomic E-state index is 12.9. The number of ether oxygens (including phenoxy) is 2. The molecule has 0 radical (unpaired) electrons. The summed E-state index contributed by atoms with van der Waals surface area (Å²) in [6.07, 6.45) is 0. The molecule has 2 rings (SSSR count). The molecule has 0 amide bonds. The molecule has 0 unspecified atom stereocenters. The van der Waals surface area contributed by atoms with Crippen LogP contribution in [0, 0.1) is 13.8 Å². The lowest BCUT2D eigenvalue weighted by Gasteiger charge is -2.14. The Kier molecular flexibility index (Phi) is 4.68. The second-order valence-electron chi connectivity index (χ2n) is 4.83. The van der Waals surface area contributed by atoms with E-state index in [-0.39, 0.29) is 5.78 Å². The first-order valence-corrected chi connectivity index (χ1v) is 7.30. The van der Waals surface area contributed by atoms with Crippen LogP contribution in [0.2, 0.25) is 0 Å². The molecule has 0 bridgehead atoms. The van der Waals surface area contributed by atoms with Gasteiger partial charge in [0.05, 0.1) is 25.3 Å². The summed E-state index contributed by atoms with van der Waals surface area (Å²) >= 11 is 3.38. The third-order valence-corrected chi connectivity index (χ3v) is 3.79. The average molecular weight is 349 g/mol. The van der Waals surface area contributed by atoms with E-state index in [9.17, 15) is 4.79 Å². The van der Waals surface area contributed by atoms with Gasteiger partial charge in [0, 0.05) is 4.47 Å². The van der Waals surface area contributed by atoms with Gasteiger partial charge in [-0.05, 0) is 49.2 Å². The van der Waals surface area contributed by atoms with Gasteiger partial charge in [-0.15, -0.1) is 0 Å². The lowest BCUT2D eigenvalue weighted by atomic mass is 9.96. The lowest BCUT2D eigenvalue weighted by Crippen LogP contribution is -2.08. The van der Waals surface area contributed by atoms with Gasteiger partial charge >= 0.3 is 0 Å². The molecule has 0 aliphatic rings. The van der Waals surface area contributed by atoms with Crippen LogP contribution in [0.4, 0.5) is 0 Å². The highest BCUT2D eigenvalue weighted by atomic mass is 79.9. The fourth-order valence-corrected chi connectivity index (χ4v) is 2.71. The van der Waals surface area contributed by atoms with Crippen molar-refractivity contribution in [2.45, 2.75) is 13.8 Å². The topological polar surface area (TPSA) is 35.5 Å². The van der Waals surface area contributed by atoms with Gasteiger partial charge in [0.2, 0.25) is 5.78 Å². The van der Waals surface area contributed by atoms with Crippen molar-refractivity contribution in [2.24, 2.45) is 0 Å². The molecule has 0 N–H and O–H groups in total. The maximum absolute atomic E-state index is 12.9. The van der Waals surface area contributed by atoms with Crippen molar-refractivity contribution in [3.8, 4) is 11.5 Å². The van der Waals surface area contributed by atoms with Crippen LogP contribution in [0.5, 0.6) is 11.5 Å². The molecule has 0 saturated carbocycles. The van der Waals surface area contributed by atoms with Crippen LogP contribution in [-0.4, -0.2) is 20.0 Å². The number of halogens is 1. The predicted molar refractivity (Wildman–Crippen MR) is 86.6 cm³/mol. The van der Waals surface area contributed by atoms with Crippen LogP contribution in [0.1, 0.15) is 27.0 Å². The first-order chi connectivity index (χ1) is 9.97. The van der Waals surface area contributed by atoms with Crippen molar-refractivity contribution < 1.29 is 14.3 Å². The molecule has 2 aromatic carbocycles. The predicted octanol–water partition coefficient (Wildman–Crippen LogP) is 4.31. The standard InChI is InChI=1S/C17H17BrO3/c1-10-7-11(2)16(15(8-10)21-4)17(19)13-6-5-12(18)9-14(13)20-3/h5-9H,1-4H3. The maximum Gasteiger partial charge on any atom is 0.200 e. The quantitative estimate of drug-likeness (QED) is 0.772. The summed E-state index contributed by atoms with van der Waals surface area (Å²) in [7, 11) is 3.13. The van der Waals surface area contributed by atoms with Crippen LogP contribution in [0.3, 0.4) is 0 Å². The molecule has 0 saturated heterocycles. The van der Waals surface area contributed by atoms with Crippen LogP contribution >= 0.6 is 15.9 Å². The van der Waals surface area contributed by atoms with Gasteiger partial charge < -0.3 is 9.47 Å². The van der Waals surface area contributed by atoms with Crippen molar-refractivity contribution in [3.63, 3.8) is 0 Å². The number of hydrogen-bond acceptors (Lipinski definition) is 3. The molecule has 0 aliphatic carbocycles. The van der Waals surface area contributed by atoms with E-state index >= 15 is 0 Å². The van der Waals surface area contributed by atoms with Gasteiger partial charge in [-0.3, -0.25) is 4.79 Å². The Morgan fingerprint density at radius 2 is 1.67 bits per heavy atom. The summed E-state index contributed by atoms with van der Waals surface area (Å²) in [4.78, 5) is 12.9. The van der Waals surface area contributed by atoms with Gasteiger partial charge in [-0.2, -0.15) is 0 Å². The van der Waals surface area contributed by atoms with E-state index in [4.69, 9.17) is 9.47 Å². The van der Waals surface area contributed by atoms with Crippen LogP contribution in [0.15, 0.2) is 34.8 Å². The molecule has 0 aliphatic heterocycles. The van der Waals surface area contributed by atoms with E-state index in [0.717, 1.165) is 15.6 Å². The van der Waals surface area contributed by atoms with Gasteiger partial charge in [0.1, 0.15) is 11.5 Å². The van der Waals surface area contributed by atoms with E-state index in [1.54, 1.807) is 26.4 Å². The highest BCUT2D eigenvalue weighted by Gasteiger charge is 2.21. The summed E-state index contributed by atoms with van der Waals surface area (Å²) in [5, 5.41) is 0. The molecule has 3 nitrogen and oxygen atoms in total. The number of carbonyl (C=O) groups is 1. The molecule has 0 spiro atoms. The van der Waals surface area contributed by atoms with E-state index in [1.807, 2.05) is 32.0 Å². The zero-order valence-electron chi connectivity index (χ0n) is 12.5. The molecule has 0 heterocycles. The average Bonchev–Trinajstić information content (AvgIpc) is 2.45. The van der Waals surface area contributed by atoms with E-state index in [0.29, 0.717) is 22.6 Å². The van der Waals surface area contributed by atoms with Gasteiger partial charge in [0.25, 0.3) is 0 Å². The second kappa shape index (κ2) is 6.31. The number of benzene rings is 2. The van der Waals surface area contributed by atoms with Gasteiger partial charge in [0.15, 0.2) is 0 Å². The largest absolute Gasteiger partial charge is 0.496 e. The van der Waals surface area contributed by atoms with Crippen LogP contribution < -0.4 is 9.47 Å². The molecular formula is C17H17BrO3. The molecule has 4 heteroatoms. The minimum absolute atomic E-state index is 0.103. The first-order valence-electron chi connectivity index (χ1n) is 6.51. The molecule has 0 aromatic heterocycles. The summed E-state index contributed by atoms with van der Waals surface area (Å²) in [5.41, 5.74) is 3.04. The van der Waals surface area contributed by atoms with Crippen LogP contribution in [0.25, 0.3) is 0 Å². The van der Waals surface area contributed by atoms with E-state index < -0.39 is 0 Å². The monoisotopic (exact) mass is 348 g/mol. The lowest BCUT2D eigenvalue weighted by molar-refractivity contribution is 0.103. The minimum Gasteiger partial charge on any atom is -0.496 e. The summed E-state index contributed by atoms with van der Waals surface area (Å²) in [5.74, 6) is 1.02. The number of hydrogen-bond donors (Lipinski definition) is 0. The van der Waals surface area contributed by atoms with Crippen molar-refractivity contribution in [3.05, 3.63) is 57.1 Å². The van der Waals surface area contributed by atoms with Crippen molar-refractivity contribution >= 4 is 21.7 Å². The number of rotatable bonds is 4. The summed E-state index contributed by atoms with van der Waals surface area (Å²) in [6, 6.07) is 9.20. The SMILES string of the molecule is COc1cc(Br)ccc1C(=O)c1c(C)cc(C)cc1OC. The Morgan fingerprint density at radius 3 is 2.29 bits per heavy atom.